The molecule has 0 heterocycles. The lowest BCUT2D eigenvalue weighted by Gasteiger charge is -2.26. The van der Waals surface area contributed by atoms with E-state index >= 15 is 0 Å². The van der Waals surface area contributed by atoms with Crippen LogP contribution in [0.2, 0.25) is 0 Å². The Kier molecular flexibility index (Phi) is 3.96. The zero-order valence-corrected chi connectivity index (χ0v) is 8.18. The third-order valence-corrected chi connectivity index (χ3v) is 2.42. The van der Waals surface area contributed by atoms with Gasteiger partial charge in [-0.25, -0.2) is 0 Å². The highest BCUT2D eigenvalue weighted by Gasteiger charge is 2.32. The molecule has 1 aliphatic rings. The van der Waals surface area contributed by atoms with Gasteiger partial charge in [-0.3, -0.25) is 4.79 Å². The average Bonchev–Trinajstić information content (AvgIpc) is 2.05. The summed E-state index contributed by atoms with van der Waals surface area (Å²) in [5, 5.41) is 11.5. The number of alkyl halides is 3. The van der Waals surface area contributed by atoms with Crippen molar-refractivity contribution in [1.82, 2.24) is 5.32 Å². The fourth-order valence-electron chi connectivity index (χ4n) is 1.68. The van der Waals surface area contributed by atoms with E-state index in [1.54, 1.807) is 0 Å². The lowest BCUT2D eigenvalue weighted by Crippen LogP contribution is -2.40. The van der Waals surface area contributed by atoms with Crippen LogP contribution >= 0.6 is 0 Å². The van der Waals surface area contributed by atoms with Gasteiger partial charge in [0.1, 0.15) is 6.42 Å². The number of carbonyl (C=O) groups is 1. The molecule has 1 fully saturated rings. The van der Waals surface area contributed by atoms with Gasteiger partial charge in [-0.15, -0.1) is 0 Å². The SMILES string of the molecule is O=C(CC(F)(F)F)NC1CCC(O)CC1. The Morgan fingerprint density at radius 3 is 2.27 bits per heavy atom. The molecule has 0 atom stereocenters. The molecular weight excluding hydrogens is 211 g/mol. The van der Waals surface area contributed by atoms with Gasteiger partial charge in [0.2, 0.25) is 5.91 Å². The highest BCUT2D eigenvalue weighted by Crippen LogP contribution is 2.21. The number of aliphatic hydroxyl groups is 1. The fourth-order valence-corrected chi connectivity index (χ4v) is 1.68. The lowest BCUT2D eigenvalue weighted by atomic mass is 9.93. The van der Waals surface area contributed by atoms with Gasteiger partial charge in [-0.2, -0.15) is 13.2 Å². The second-order valence-corrected chi connectivity index (χ2v) is 3.86. The molecule has 3 nitrogen and oxygen atoms in total. The Morgan fingerprint density at radius 2 is 1.80 bits per heavy atom. The number of hydrogen-bond donors (Lipinski definition) is 2. The number of carbonyl (C=O) groups excluding carboxylic acids is 1. The summed E-state index contributed by atoms with van der Waals surface area (Å²) < 4.78 is 35.5. The van der Waals surface area contributed by atoms with Gasteiger partial charge in [0.25, 0.3) is 0 Å². The van der Waals surface area contributed by atoms with Crippen molar-refractivity contribution >= 4 is 5.91 Å². The van der Waals surface area contributed by atoms with E-state index in [1.807, 2.05) is 0 Å². The summed E-state index contributed by atoms with van der Waals surface area (Å²) in [7, 11) is 0. The maximum Gasteiger partial charge on any atom is 0.397 e. The summed E-state index contributed by atoms with van der Waals surface area (Å²) in [6, 6.07) is -0.219. The Bertz CT molecular complexity index is 222. The van der Waals surface area contributed by atoms with Gasteiger partial charge in [-0.1, -0.05) is 0 Å². The first-order chi connectivity index (χ1) is 6.87. The van der Waals surface area contributed by atoms with E-state index in [1.165, 1.54) is 0 Å². The molecule has 0 aromatic carbocycles. The van der Waals surface area contributed by atoms with Crippen molar-refractivity contribution in [2.45, 2.75) is 50.4 Å². The molecular formula is C9H14F3NO2. The first-order valence-electron chi connectivity index (χ1n) is 4.91. The molecule has 1 rings (SSSR count). The van der Waals surface area contributed by atoms with Crippen LogP contribution in [0.1, 0.15) is 32.1 Å². The van der Waals surface area contributed by atoms with Crippen LogP contribution in [-0.4, -0.2) is 29.3 Å². The number of amides is 1. The summed E-state index contributed by atoms with van der Waals surface area (Å²) in [6.45, 7) is 0. The van der Waals surface area contributed by atoms with E-state index in [9.17, 15) is 18.0 Å². The number of nitrogens with one attached hydrogen (secondary N) is 1. The molecule has 0 radical (unpaired) electrons. The van der Waals surface area contributed by atoms with Gasteiger partial charge < -0.3 is 10.4 Å². The highest BCUT2D eigenvalue weighted by atomic mass is 19.4. The Labute approximate surface area is 85.7 Å². The lowest BCUT2D eigenvalue weighted by molar-refractivity contribution is -0.154. The van der Waals surface area contributed by atoms with E-state index in [2.05, 4.69) is 5.32 Å². The summed E-state index contributed by atoms with van der Waals surface area (Å²) >= 11 is 0. The molecule has 88 valence electrons. The quantitative estimate of drug-likeness (QED) is 0.745. The molecule has 6 heteroatoms. The van der Waals surface area contributed by atoms with Gasteiger partial charge in [0.15, 0.2) is 0 Å². The van der Waals surface area contributed by atoms with Crippen LogP contribution in [-0.2, 0) is 4.79 Å². The van der Waals surface area contributed by atoms with Crippen molar-refractivity contribution in [3.63, 3.8) is 0 Å². The van der Waals surface area contributed by atoms with Crippen molar-refractivity contribution in [1.29, 1.82) is 0 Å². The van der Waals surface area contributed by atoms with Gasteiger partial charge in [-0.05, 0) is 25.7 Å². The molecule has 0 saturated heterocycles. The first-order valence-corrected chi connectivity index (χ1v) is 4.91. The molecule has 0 aliphatic heterocycles. The zero-order chi connectivity index (χ0) is 11.5. The minimum atomic E-state index is -4.45. The molecule has 1 aliphatic carbocycles. The van der Waals surface area contributed by atoms with E-state index in [0.29, 0.717) is 25.7 Å². The van der Waals surface area contributed by atoms with E-state index in [-0.39, 0.29) is 12.1 Å². The molecule has 0 bridgehead atoms. The molecule has 0 aromatic rings. The minimum Gasteiger partial charge on any atom is -0.393 e. The first kappa shape index (κ1) is 12.3. The fraction of sp³-hybridized carbons (Fsp3) is 0.889. The number of halogens is 3. The van der Waals surface area contributed by atoms with E-state index in [0.717, 1.165) is 0 Å². The van der Waals surface area contributed by atoms with Crippen LogP contribution in [0.25, 0.3) is 0 Å². The second-order valence-electron chi connectivity index (χ2n) is 3.86. The minimum absolute atomic E-state index is 0.219. The topological polar surface area (TPSA) is 49.3 Å². The van der Waals surface area contributed by atoms with Gasteiger partial charge in [0, 0.05) is 6.04 Å². The molecule has 0 spiro atoms. The highest BCUT2D eigenvalue weighted by molar-refractivity contribution is 5.76. The molecule has 1 amide bonds. The summed E-state index contributed by atoms with van der Waals surface area (Å²) in [5.74, 6) is -0.983. The maximum absolute atomic E-state index is 11.8. The van der Waals surface area contributed by atoms with Crippen LogP contribution in [0.3, 0.4) is 0 Å². The Morgan fingerprint density at radius 1 is 1.27 bits per heavy atom. The number of hydrogen-bond acceptors (Lipinski definition) is 2. The summed E-state index contributed by atoms with van der Waals surface area (Å²) in [6.07, 6.45) is -4.07. The van der Waals surface area contributed by atoms with Crippen LogP contribution in [0.5, 0.6) is 0 Å². The average molecular weight is 225 g/mol. The van der Waals surface area contributed by atoms with Crippen molar-refractivity contribution < 1.29 is 23.1 Å². The normalized spacial score (nSPS) is 27.5. The van der Waals surface area contributed by atoms with Crippen LogP contribution in [0, 0.1) is 0 Å². The second kappa shape index (κ2) is 4.83. The van der Waals surface area contributed by atoms with E-state index < -0.39 is 18.5 Å². The number of rotatable bonds is 2. The molecule has 15 heavy (non-hydrogen) atoms. The van der Waals surface area contributed by atoms with Crippen molar-refractivity contribution in [3.05, 3.63) is 0 Å². The molecule has 0 aromatic heterocycles. The van der Waals surface area contributed by atoms with Crippen molar-refractivity contribution in [2.75, 3.05) is 0 Å². The van der Waals surface area contributed by atoms with Gasteiger partial charge in [0.05, 0.1) is 6.10 Å². The van der Waals surface area contributed by atoms with Gasteiger partial charge >= 0.3 is 6.18 Å². The smallest absolute Gasteiger partial charge is 0.393 e. The summed E-state index contributed by atoms with van der Waals surface area (Å²) in [4.78, 5) is 10.9. The third-order valence-electron chi connectivity index (χ3n) is 2.42. The van der Waals surface area contributed by atoms with Crippen LogP contribution in [0.4, 0.5) is 13.2 Å². The molecule has 0 unspecified atom stereocenters. The third kappa shape index (κ3) is 5.01. The Hall–Kier alpha value is -0.780. The van der Waals surface area contributed by atoms with Crippen molar-refractivity contribution in [3.8, 4) is 0 Å². The van der Waals surface area contributed by atoms with Crippen LogP contribution in [0.15, 0.2) is 0 Å². The monoisotopic (exact) mass is 225 g/mol. The predicted octanol–water partition coefficient (Wildman–Crippen LogP) is 1.36. The largest absolute Gasteiger partial charge is 0.397 e. The number of aliphatic hydroxyl groups excluding tert-OH is 1. The summed E-state index contributed by atoms with van der Waals surface area (Å²) in [5.41, 5.74) is 0. The predicted molar refractivity (Wildman–Crippen MR) is 47.1 cm³/mol. The molecule has 1 saturated carbocycles. The van der Waals surface area contributed by atoms with Crippen molar-refractivity contribution in [2.24, 2.45) is 0 Å². The maximum atomic E-state index is 11.8. The van der Waals surface area contributed by atoms with E-state index in [4.69, 9.17) is 5.11 Å². The Balaban J connectivity index is 2.27. The van der Waals surface area contributed by atoms with Crippen LogP contribution < -0.4 is 5.32 Å². The molecule has 2 N–H and O–H groups in total. The zero-order valence-electron chi connectivity index (χ0n) is 8.18. The standard InChI is InChI=1S/C9H14F3NO2/c10-9(11,12)5-8(15)13-6-1-3-7(14)4-2-6/h6-7,14H,1-5H2,(H,13,15).